The molecule has 112 valence electrons. The third kappa shape index (κ3) is 2.42. The quantitative estimate of drug-likeness (QED) is 0.855. The number of rotatable bonds is 4. The minimum Gasteiger partial charge on any atom is -0.305 e. The van der Waals surface area contributed by atoms with Gasteiger partial charge in [0.15, 0.2) is 0 Å². The lowest BCUT2D eigenvalue weighted by molar-refractivity contribution is -0.126. The third-order valence-electron chi connectivity index (χ3n) is 4.62. The molecule has 3 amide bonds. The number of imide groups is 1. The minimum atomic E-state index is -0.905. The van der Waals surface area contributed by atoms with Gasteiger partial charge in [-0.2, -0.15) is 0 Å². The molecule has 0 aliphatic carbocycles. The molecule has 1 aromatic rings. The molecule has 0 aromatic heterocycles. The molecule has 5 heteroatoms. The third-order valence-corrected chi connectivity index (χ3v) is 4.62. The summed E-state index contributed by atoms with van der Waals surface area (Å²) in [4.78, 5) is 28.5. The van der Waals surface area contributed by atoms with Crippen molar-refractivity contribution in [3.63, 3.8) is 0 Å². The second-order valence-corrected chi connectivity index (χ2v) is 5.90. The number of benzene rings is 1. The van der Waals surface area contributed by atoms with Crippen LogP contribution in [-0.2, 0) is 10.3 Å². The molecule has 2 aliphatic rings. The monoisotopic (exact) mass is 287 g/mol. The van der Waals surface area contributed by atoms with Gasteiger partial charge in [0.25, 0.3) is 5.91 Å². The summed E-state index contributed by atoms with van der Waals surface area (Å²) in [6, 6.07) is 9.23. The smallest absolute Gasteiger partial charge is 0.305 e. The van der Waals surface area contributed by atoms with Crippen LogP contribution in [0.4, 0.5) is 4.79 Å². The maximum absolute atomic E-state index is 12.3. The van der Waals surface area contributed by atoms with E-state index in [1.165, 1.54) is 12.8 Å². The molecule has 3 rings (SSSR count). The van der Waals surface area contributed by atoms with Crippen molar-refractivity contribution in [2.24, 2.45) is 0 Å². The summed E-state index contributed by atoms with van der Waals surface area (Å²) in [7, 11) is 0. The van der Waals surface area contributed by atoms with Crippen molar-refractivity contribution in [2.75, 3.05) is 26.2 Å². The second kappa shape index (κ2) is 5.48. The lowest BCUT2D eigenvalue weighted by Gasteiger charge is -2.33. The molecule has 0 saturated carbocycles. The molecule has 0 spiro atoms. The highest BCUT2D eigenvalue weighted by atomic mass is 16.2. The number of nitrogens with one attached hydrogen (secondary N) is 1. The van der Waals surface area contributed by atoms with Gasteiger partial charge in [-0.25, -0.2) is 4.79 Å². The molecule has 2 aliphatic heterocycles. The molecule has 1 N–H and O–H groups in total. The largest absolute Gasteiger partial charge is 0.325 e. The first kappa shape index (κ1) is 14.1. The van der Waals surface area contributed by atoms with E-state index in [4.69, 9.17) is 0 Å². The fourth-order valence-corrected chi connectivity index (χ4v) is 3.23. The van der Waals surface area contributed by atoms with E-state index in [0.717, 1.165) is 25.2 Å². The molecular formula is C16H21N3O2. The Morgan fingerprint density at radius 2 is 1.76 bits per heavy atom. The van der Waals surface area contributed by atoms with Crippen LogP contribution in [-0.4, -0.2) is 47.9 Å². The maximum Gasteiger partial charge on any atom is 0.325 e. The van der Waals surface area contributed by atoms with Gasteiger partial charge in [0.1, 0.15) is 5.54 Å². The second-order valence-electron chi connectivity index (χ2n) is 5.90. The normalized spacial score (nSPS) is 26.4. The van der Waals surface area contributed by atoms with Gasteiger partial charge in [-0.05, 0) is 38.4 Å². The molecule has 0 radical (unpaired) electrons. The summed E-state index contributed by atoms with van der Waals surface area (Å²) >= 11 is 0. The summed E-state index contributed by atoms with van der Waals surface area (Å²) in [5.41, 5.74) is -0.0484. The Morgan fingerprint density at radius 1 is 1.10 bits per heavy atom. The fourth-order valence-electron chi connectivity index (χ4n) is 3.23. The molecule has 2 fully saturated rings. The summed E-state index contributed by atoms with van der Waals surface area (Å²) in [6.45, 7) is 5.40. The molecule has 1 aromatic carbocycles. The predicted octanol–water partition coefficient (Wildman–Crippen LogP) is 1.55. The Bertz CT molecular complexity index is 540. The highest BCUT2D eigenvalue weighted by molar-refractivity contribution is 6.07. The van der Waals surface area contributed by atoms with E-state index in [1.54, 1.807) is 4.90 Å². The SMILES string of the molecule is CC1(c2ccccc2)C(=O)NC(=O)N1CCN1CCCC1. The Morgan fingerprint density at radius 3 is 2.43 bits per heavy atom. The van der Waals surface area contributed by atoms with Crippen molar-refractivity contribution in [3.8, 4) is 0 Å². The topological polar surface area (TPSA) is 52.7 Å². The number of carbonyl (C=O) groups excluding carboxylic acids is 2. The first-order valence-electron chi connectivity index (χ1n) is 7.53. The van der Waals surface area contributed by atoms with Crippen LogP contribution >= 0.6 is 0 Å². The number of likely N-dealkylation sites (tertiary alicyclic amines) is 1. The van der Waals surface area contributed by atoms with Gasteiger partial charge < -0.3 is 9.80 Å². The first-order chi connectivity index (χ1) is 10.1. The average Bonchev–Trinajstić information content (AvgIpc) is 3.07. The van der Waals surface area contributed by atoms with Crippen LogP contribution in [0.2, 0.25) is 0 Å². The van der Waals surface area contributed by atoms with Gasteiger partial charge >= 0.3 is 6.03 Å². The van der Waals surface area contributed by atoms with E-state index in [9.17, 15) is 9.59 Å². The Hall–Kier alpha value is -1.88. The molecule has 0 bridgehead atoms. The Balaban J connectivity index is 1.82. The molecule has 21 heavy (non-hydrogen) atoms. The van der Waals surface area contributed by atoms with Crippen molar-refractivity contribution in [3.05, 3.63) is 35.9 Å². The summed E-state index contributed by atoms with van der Waals surface area (Å²) in [5.74, 6) is -0.236. The van der Waals surface area contributed by atoms with Gasteiger partial charge in [0.05, 0.1) is 0 Å². The highest BCUT2D eigenvalue weighted by Crippen LogP contribution is 2.32. The van der Waals surface area contributed by atoms with Crippen molar-refractivity contribution in [2.45, 2.75) is 25.3 Å². The fraction of sp³-hybridized carbons (Fsp3) is 0.500. The number of carbonyl (C=O) groups is 2. The molecule has 1 atom stereocenters. The van der Waals surface area contributed by atoms with Crippen molar-refractivity contribution < 1.29 is 9.59 Å². The zero-order chi connectivity index (χ0) is 14.9. The van der Waals surface area contributed by atoms with Crippen LogP contribution in [0, 0.1) is 0 Å². The van der Waals surface area contributed by atoms with Crippen molar-refractivity contribution >= 4 is 11.9 Å². The standard InChI is InChI=1S/C16H21N3O2/c1-16(13-7-3-2-4-8-13)14(20)17-15(21)19(16)12-11-18-9-5-6-10-18/h2-4,7-8H,5-6,9-12H2,1H3,(H,17,20,21). The van der Waals surface area contributed by atoms with Gasteiger partial charge in [-0.3, -0.25) is 10.1 Å². The molecular weight excluding hydrogens is 266 g/mol. The molecule has 2 heterocycles. The van der Waals surface area contributed by atoms with Crippen LogP contribution in [0.15, 0.2) is 30.3 Å². The summed E-state index contributed by atoms with van der Waals surface area (Å²) < 4.78 is 0. The lowest BCUT2D eigenvalue weighted by Crippen LogP contribution is -2.47. The molecule has 1 unspecified atom stereocenters. The van der Waals surface area contributed by atoms with E-state index in [1.807, 2.05) is 37.3 Å². The minimum absolute atomic E-state index is 0.236. The Labute approximate surface area is 124 Å². The van der Waals surface area contributed by atoms with E-state index >= 15 is 0 Å². The highest BCUT2D eigenvalue weighted by Gasteiger charge is 2.50. The molecule has 5 nitrogen and oxygen atoms in total. The van der Waals surface area contributed by atoms with E-state index in [-0.39, 0.29) is 11.9 Å². The van der Waals surface area contributed by atoms with E-state index < -0.39 is 5.54 Å². The van der Waals surface area contributed by atoms with Crippen molar-refractivity contribution in [1.29, 1.82) is 0 Å². The van der Waals surface area contributed by atoms with Crippen LogP contribution in [0.3, 0.4) is 0 Å². The van der Waals surface area contributed by atoms with Gasteiger partial charge in [0, 0.05) is 13.1 Å². The van der Waals surface area contributed by atoms with E-state index in [0.29, 0.717) is 6.54 Å². The van der Waals surface area contributed by atoms with Crippen LogP contribution in [0.25, 0.3) is 0 Å². The number of urea groups is 1. The van der Waals surface area contributed by atoms with Gasteiger partial charge in [0.2, 0.25) is 0 Å². The zero-order valence-electron chi connectivity index (χ0n) is 12.3. The summed E-state index contributed by atoms with van der Waals surface area (Å²) in [5, 5.41) is 2.46. The number of hydrogen-bond donors (Lipinski definition) is 1. The molecule has 2 saturated heterocycles. The van der Waals surface area contributed by atoms with Crippen molar-refractivity contribution in [1.82, 2.24) is 15.1 Å². The predicted molar refractivity (Wildman–Crippen MR) is 79.7 cm³/mol. The van der Waals surface area contributed by atoms with E-state index in [2.05, 4.69) is 10.2 Å². The lowest BCUT2D eigenvalue weighted by atomic mass is 9.90. The maximum atomic E-state index is 12.3. The van der Waals surface area contributed by atoms with Crippen LogP contribution in [0.5, 0.6) is 0 Å². The number of amides is 3. The average molecular weight is 287 g/mol. The van der Waals surface area contributed by atoms with Crippen LogP contribution < -0.4 is 5.32 Å². The number of nitrogens with zero attached hydrogens (tertiary/aromatic N) is 2. The first-order valence-corrected chi connectivity index (χ1v) is 7.53. The number of hydrogen-bond acceptors (Lipinski definition) is 3. The van der Waals surface area contributed by atoms with Gasteiger partial charge in [-0.15, -0.1) is 0 Å². The Kier molecular flexibility index (Phi) is 3.68. The van der Waals surface area contributed by atoms with Gasteiger partial charge in [-0.1, -0.05) is 30.3 Å². The summed E-state index contributed by atoms with van der Waals surface area (Å²) in [6.07, 6.45) is 2.45. The zero-order valence-corrected chi connectivity index (χ0v) is 12.3. The van der Waals surface area contributed by atoms with Crippen LogP contribution in [0.1, 0.15) is 25.3 Å².